The Kier molecular flexibility index (Phi) is 9.92. The number of allylic oxidation sites excluding steroid dienone is 4. The van der Waals surface area contributed by atoms with Gasteiger partial charge in [-0.15, -0.1) is 0 Å². The van der Waals surface area contributed by atoms with Crippen molar-refractivity contribution in [3.63, 3.8) is 0 Å². The van der Waals surface area contributed by atoms with Crippen LogP contribution in [0.15, 0.2) is 66.3 Å². The van der Waals surface area contributed by atoms with E-state index in [2.05, 4.69) is 41.3 Å². The normalized spacial score (nSPS) is 15.9. The molecule has 1 aliphatic carbocycles. The van der Waals surface area contributed by atoms with Gasteiger partial charge in [-0.1, -0.05) is 35.9 Å². The van der Waals surface area contributed by atoms with Gasteiger partial charge in [0.1, 0.15) is 5.60 Å². The van der Waals surface area contributed by atoms with E-state index in [1.165, 1.54) is 5.57 Å². The Bertz CT molecular complexity index is 1280. The molecule has 0 unspecified atom stereocenters. The Hall–Kier alpha value is -3.58. The number of benzene rings is 2. The second-order valence-electron chi connectivity index (χ2n) is 11.3. The third-order valence-electron chi connectivity index (χ3n) is 7.25. The molecule has 0 N–H and O–H groups in total. The highest BCUT2D eigenvalue weighted by molar-refractivity contribution is 6.30. The first kappa shape index (κ1) is 30.4. The summed E-state index contributed by atoms with van der Waals surface area (Å²) in [7, 11) is 4.87. The Labute approximate surface area is 249 Å². The van der Waals surface area contributed by atoms with Crippen molar-refractivity contribution in [2.24, 2.45) is 0 Å². The van der Waals surface area contributed by atoms with Gasteiger partial charge < -0.3 is 28.7 Å². The standard InChI is InChI=1S/C33H41ClN2O5/c1-33(2,3)41-32(37)35-17-15-28(16-18-35)36(27-13-11-26(34)12-14-27)22-23-9-7-8-10-24(19-23)25-20-29(38-4)31(40-6)30(21-25)39-5/h7-9,11-14,19-21,28H,10,15-18,22H2,1-6H3. The van der Waals surface area contributed by atoms with Gasteiger partial charge in [0.2, 0.25) is 5.75 Å². The maximum atomic E-state index is 12.7. The minimum Gasteiger partial charge on any atom is -0.493 e. The highest BCUT2D eigenvalue weighted by Crippen LogP contribution is 2.41. The number of likely N-dealkylation sites (tertiary alicyclic amines) is 1. The lowest BCUT2D eigenvalue weighted by atomic mass is 9.98. The molecule has 41 heavy (non-hydrogen) atoms. The van der Waals surface area contributed by atoms with Crippen molar-refractivity contribution in [3.8, 4) is 17.2 Å². The molecule has 2 aromatic rings. The number of ether oxygens (including phenoxy) is 4. The van der Waals surface area contributed by atoms with E-state index in [0.717, 1.165) is 36.1 Å². The molecule has 1 saturated heterocycles. The molecule has 0 radical (unpaired) electrons. The van der Waals surface area contributed by atoms with Crippen LogP contribution in [0.1, 0.15) is 45.6 Å². The summed E-state index contributed by atoms with van der Waals surface area (Å²) < 4.78 is 22.4. The SMILES string of the molecule is COc1cc(C2=CC(CN(c3ccc(Cl)cc3)C3CCN(C(=O)OC(C)(C)C)CC3)=CC=CC2)cc(OC)c1OC. The van der Waals surface area contributed by atoms with Crippen LogP contribution in [0, 0.1) is 0 Å². The molecular weight excluding hydrogens is 540 g/mol. The van der Waals surface area contributed by atoms with Gasteiger partial charge in [0.15, 0.2) is 11.5 Å². The monoisotopic (exact) mass is 580 g/mol. The average Bonchev–Trinajstić information content (AvgIpc) is 3.20. The van der Waals surface area contributed by atoms with Crippen LogP contribution < -0.4 is 19.1 Å². The molecule has 0 aromatic heterocycles. The predicted octanol–water partition coefficient (Wildman–Crippen LogP) is 7.54. The number of anilines is 1. The molecule has 0 saturated carbocycles. The maximum Gasteiger partial charge on any atom is 0.410 e. The molecule has 220 valence electrons. The Morgan fingerprint density at radius 3 is 2.20 bits per heavy atom. The number of nitrogens with zero attached hydrogens (tertiary/aromatic N) is 2. The van der Waals surface area contributed by atoms with Gasteiger partial charge in [-0.05, 0) is 93.1 Å². The zero-order valence-electron chi connectivity index (χ0n) is 24.9. The number of piperidine rings is 1. The van der Waals surface area contributed by atoms with Gasteiger partial charge in [-0.2, -0.15) is 0 Å². The molecule has 1 fully saturated rings. The lowest BCUT2D eigenvalue weighted by Gasteiger charge is -2.40. The van der Waals surface area contributed by atoms with Crippen molar-refractivity contribution in [2.75, 3.05) is 45.9 Å². The van der Waals surface area contributed by atoms with Crippen molar-refractivity contribution >= 4 is 29.0 Å². The van der Waals surface area contributed by atoms with Gasteiger partial charge >= 0.3 is 6.09 Å². The molecular formula is C33H41ClN2O5. The third-order valence-corrected chi connectivity index (χ3v) is 7.50. The lowest BCUT2D eigenvalue weighted by Crippen LogP contribution is -2.48. The molecule has 1 heterocycles. The molecule has 1 amide bonds. The molecule has 0 bridgehead atoms. The van der Waals surface area contributed by atoms with Gasteiger partial charge in [0.25, 0.3) is 0 Å². The van der Waals surface area contributed by atoms with Crippen molar-refractivity contribution in [2.45, 2.75) is 51.7 Å². The number of carbonyl (C=O) groups excluding carboxylic acids is 1. The van der Waals surface area contributed by atoms with Crippen LogP contribution in [0.4, 0.5) is 10.5 Å². The molecule has 2 aromatic carbocycles. The quantitative estimate of drug-likeness (QED) is 0.321. The first-order valence-electron chi connectivity index (χ1n) is 14.0. The molecule has 0 atom stereocenters. The number of rotatable bonds is 8. The second kappa shape index (κ2) is 13.4. The Morgan fingerprint density at radius 2 is 1.63 bits per heavy atom. The van der Waals surface area contributed by atoms with E-state index in [1.807, 2.05) is 49.9 Å². The fourth-order valence-corrected chi connectivity index (χ4v) is 5.36. The highest BCUT2D eigenvalue weighted by atomic mass is 35.5. The number of amides is 1. The topological polar surface area (TPSA) is 60.5 Å². The number of hydrogen-bond acceptors (Lipinski definition) is 6. The van der Waals surface area contributed by atoms with E-state index < -0.39 is 5.60 Å². The van der Waals surface area contributed by atoms with Crippen LogP contribution in [-0.2, 0) is 4.74 Å². The minimum absolute atomic E-state index is 0.247. The zero-order chi connectivity index (χ0) is 29.6. The van der Waals surface area contributed by atoms with E-state index >= 15 is 0 Å². The van der Waals surface area contributed by atoms with E-state index in [9.17, 15) is 4.79 Å². The first-order valence-corrected chi connectivity index (χ1v) is 14.4. The predicted molar refractivity (Wildman–Crippen MR) is 166 cm³/mol. The van der Waals surface area contributed by atoms with Crippen molar-refractivity contribution in [1.29, 1.82) is 0 Å². The summed E-state index contributed by atoms with van der Waals surface area (Å²) in [4.78, 5) is 16.9. The van der Waals surface area contributed by atoms with Gasteiger partial charge in [-0.25, -0.2) is 4.79 Å². The van der Waals surface area contributed by atoms with E-state index in [0.29, 0.717) is 41.9 Å². The van der Waals surface area contributed by atoms with Crippen LogP contribution in [-0.4, -0.2) is 63.6 Å². The van der Waals surface area contributed by atoms with Crippen molar-refractivity contribution in [1.82, 2.24) is 4.90 Å². The van der Waals surface area contributed by atoms with Crippen molar-refractivity contribution in [3.05, 3.63) is 76.9 Å². The molecule has 0 spiro atoms. The molecule has 2 aliphatic rings. The van der Waals surface area contributed by atoms with E-state index in [-0.39, 0.29) is 12.1 Å². The lowest BCUT2D eigenvalue weighted by molar-refractivity contribution is 0.0205. The van der Waals surface area contributed by atoms with Gasteiger partial charge in [0, 0.05) is 36.4 Å². The molecule has 1 aliphatic heterocycles. The smallest absolute Gasteiger partial charge is 0.410 e. The fourth-order valence-electron chi connectivity index (χ4n) is 5.23. The molecule has 4 rings (SSSR count). The zero-order valence-corrected chi connectivity index (χ0v) is 25.7. The number of halogens is 1. The fraction of sp³-hybridized carbons (Fsp3) is 0.424. The Balaban J connectivity index is 1.60. The molecule has 7 nitrogen and oxygen atoms in total. The molecule has 8 heteroatoms. The second-order valence-corrected chi connectivity index (χ2v) is 11.7. The summed E-state index contributed by atoms with van der Waals surface area (Å²) in [6.07, 6.45) is 10.9. The summed E-state index contributed by atoms with van der Waals surface area (Å²) >= 11 is 6.24. The van der Waals surface area contributed by atoms with E-state index in [4.69, 9.17) is 30.5 Å². The van der Waals surface area contributed by atoms with Crippen LogP contribution >= 0.6 is 11.6 Å². The number of hydrogen-bond donors (Lipinski definition) is 0. The first-order chi connectivity index (χ1) is 19.6. The average molecular weight is 581 g/mol. The van der Waals surface area contributed by atoms with Crippen molar-refractivity contribution < 1.29 is 23.7 Å². The summed E-state index contributed by atoms with van der Waals surface area (Å²) in [5.41, 5.74) is 3.93. The minimum atomic E-state index is -0.509. The van der Waals surface area contributed by atoms with Crippen LogP contribution in [0.3, 0.4) is 0 Å². The van der Waals surface area contributed by atoms with Crippen LogP contribution in [0.25, 0.3) is 5.57 Å². The maximum absolute atomic E-state index is 12.7. The highest BCUT2D eigenvalue weighted by Gasteiger charge is 2.30. The van der Waals surface area contributed by atoms with Gasteiger partial charge in [0.05, 0.1) is 21.3 Å². The largest absolute Gasteiger partial charge is 0.493 e. The van der Waals surface area contributed by atoms with Gasteiger partial charge in [-0.3, -0.25) is 0 Å². The number of carbonyl (C=O) groups is 1. The summed E-state index contributed by atoms with van der Waals surface area (Å²) in [5.74, 6) is 1.83. The van der Waals surface area contributed by atoms with Crippen LogP contribution in [0.2, 0.25) is 5.02 Å². The Morgan fingerprint density at radius 1 is 1.00 bits per heavy atom. The third kappa shape index (κ3) is 7.79. The van der Waals surface area contributed by atoms with Crippen LogP contribution in [0.5, 0.6) is 17.2 Å². The summed E-state index contributed by atoms with van der Waals surface area (Å²) in [6, 6.07) is 12.2. The van der Waals surface area contributed by atoms with E-state index in [1.54, 1.807) is 21.3 Å². The summed E-state index contributed by atoms with van der Waals surface area (Å²) in [6.45, 7) is 7.69. The summed E-state index contributed by atoms with van der Waals surface area (Å²) in [5, 5.41) is 0.703. The number of methoxy groups -OCH3 is 3.